The zero-order valence-electron chi connectivity index (χ0n) is 14.9. The number of hydrogen-bond donors (Lipinski definition) is 1. The monoisotopic (exact) mass is 352 g/mol. The lowest BCUT2D eigenvalue weighted by molar-refractivity contribution is -0.118. The molecule has 2 aromatic carbocycles. The fourth-order valence-electron chi connectivity index (χ4n) is 2.42. The standard InChI is InChI=1S/C20H20N2O4/c1-12(2)20-22-17-10-15(7-8-18(17)26-20)21-19(24)11-25-16-6-4-5-14(9-16)13(3)23/h4-10,12H,11H2,1-3H3,(H,21,24). The third kappa shape index (κ3) is 4.08. The van der Waals surface area contributed by atoms with Crippen molar-refractivity contribution in [3.8, 4) is 5.75 Å². The Bertz CT molecular complexity index is 959. The first-order valence-electron chi connectivity index (χ1n) is 8.36. The zero-order chi connectivity index (χ0) is 18.7. The van der Waals surface area contributed by atoms with Crippen molar-refractivity contribution in [3.05, 3.63) is 53.9 Å². The van der Waals surface area contributed by atoms with E-state index in [1.807, 2.05) is 13.8 Å². The number of benzene rings is 2. The molecule has 0 aliphatic carbocycles. The van der Waals surface area contributed by atoms with Crippen LogP contribution in [0, 0.1) is 0 Å². The molecule has 0 aliphatic rings. The highest BCUT2D eigenvalue weighted by Crippen LogP contribution is 2.23. The first-order valence-corrected chi connectivity index (χ1v) is 8.36. The number of nitrogens with zero attached hydrogens (tertiary/aromatic N) is 1. The average molecular weight is 352 g/mol. The number of rotatable bonds is 6. The van der Waals surface area contributed by atoms with Crippen molar-refractivity contribution in [2.75, 3.05) is 11.9 Å². The van der Waals surface area contributed by atoms with E-state index in [9.17, 15) is 9.59 Å². The van der Waals surface area contributed by atoms with Gasteiger partial charge in [-0.25, -0.2) is 4.98 Å². The molecule has 3 rings (SSSR count). The normalized spacial score (nSPS) is 10.9. The van der Waals surface area contributed by atoms with E-state index in [1.165, 1.54) is 6.92 Å². The smallest absolute Gasteiger partial charge is 0.262 e. The first-order chi connectivity index (χ1) is 12.4. The van der Waals surface area contributed by atoms with Gasteiger partial charge >= 0.3 is 0 Å². The van der Waals surface area contributed by atoms with Crippen molar-refractivity contribution in [3.63, 3.8) is 0 Å². The number of hydrogen-bond acceptors (Lipinski definition) is 5. The van der Waals surface area contributed by atoms with Gasteiger partial charge in [-0.1, -0.05) is 26.0 Å². The van der Waals surface area contributed by atoms with Crippen LogP contribution < -0.4 is 10.1 Å². The summed E-state index contributed by atoms with van der Waals surface area (Å²) >= 11 is 0. The number of ether oxygens (including phenoxy) is 1. The summed E-state index contributed by atoms with van der Waals surface area (Å²) in [7, 11) is 0. The van der Waals surface area contributed by atoms with Crippen molar-refractivity contribution in [1.82, 2.24) is 4.98 Å². The van der Waals surface area contributed by atoms with Gasteiger partial charge in [-0.15, -0.1) is 0 Å². The highest BCUT2D eigenvalue weighted by molar-refractivity contribution is 5.95. The van der Waals surface area contributed by atoms with Crippen LogP contribution in [0.25, 0.3) is 11.1 Å². The molecule has 3 aromatic rings. The van der Waals surface area contributed by atoms with Gasteiger partial charge in [0.05, 0.1) is 0 Å². The number of oxazole rings is 1. The molecule has 0 saturated heterocycles. The molecule has 0 atom stereocenters. The molecule has 6 heteroatoms. The Morgan fingerprint density at radius 2 is 2.00 bits per heavy atom. The van der Waals surface area contributed by atoms with Crippen molar-refractivity contribution in [2.24, 2.45) is 0 Å². The zero-order valence-corrected chi connectivity index (χ0v) is 14.9. The Balaban J connectivity index is 1.63. The minimum atomic E-state index is -0.301. The third-order valence-electron chi connectivity index (χ3n) is 3.79. The first kappa shape index (κ1) is 17.7. The van der Waals surface area contributed by atoms with E-state index in [-0.39, 0.29) is 24.2 Å². The van der Waals surface area contributed by atoms with Gasteiger partial charge < -0.3 is 14.5 Å². The Kier molecular flexibility index (Phi) is 5.02. The summed E-state index contributed by atoms with van der Waals surface area (Å²) in [4.78, 5) is 27.9. The van der Waals surface area contributed by atoms with Gasteiger partial charge in [0.1, 0.15) is 11.3 Å². The number of aromatic nitrogens is 1. The van der Waals surface area contributed by atoms with Gasteiger partial charge in [0.15, 0.2) is 23.9 Å². The molecule has 26 heavy (non-hydrogen) atoms. The predicted molar refractivity (Wildman–Crippen MR) is 98.7 cm³/mol. The molecule has 0 radical (unpaired) electrons. The number of fused-ring (bicyclic) bond motifs is 1. The lowest BCUT2D eigenvalue weighted by atomic mass is 10.1. The van der Waals surface area contributed by atoms with Crippen LogP contribution in [0.5, 0.6) is 5.75 Å². The highest BCUT2D eigenvalue weighted by atomic mass is 16.5. The van der Waals surface area contributed by atoms with Gasteiger partial charge in [0, 0.05) is 17.2 Å². The second-order valence-corrected chi connectivity index (χ2v) is 6.31. The molecule has 0 unspecified atom stereocenters. The van der Waals surface area contributed by atoms with E-state index in [4.69, 9.17) is 9.15 Å². The molecule has 0 spiro atoms. The minimum Gasteiger partial charge on any atom is -0.484 e. The maximum absolute atomic E-state index is 12.1. The number of carbonyl (C=O) groups excluding carboxylic acids is 2. The Morgan fingerprint density at radius 1 is 1.19 bits per heavy atom. The molecule has 1 N–H and O–H groups in total. The second-order valence-electron chi connectivity index (χ2n) is 6.31. The van der Waals surface area contributed by atoms with Crippen LogP contribution >= 0.6 is 0 Å². The fraction of sp³-hybridized carbons (Fsp3) is 0.250. The maximum atomic E-state index is 12.1. The number of carbonyl (C=O) groups is 2. The summed E-state index contributed by atoms with van der Waals surface area (Å²) in [6.07, 6.45) is 0. The molecule has 0 saturated carbocycles. The van der Waals surface area contributed by atoms with Crippen LogP contribution in [0.1, 0.15) is 42.9 Å². The van der Waals surface area contributed by atoms with Crippen molar-refractivity contribution in [2.45, 2.75) is 26.7 Å². The number of amides is 1. The van der Waals surface area contributed by atoms with Crippen molar-refractivity contribution < 1.29 is 18.7 Å². The molecule has 1 aromatic heterocycles. The fourth-order valence-corrected chi connectivity index (χ4v) is 2.42. The number of anilines is 1. The topological polar surface area (TPSA) is 81.4 Å². The number of Topliss-reactive ketones (excluding diaryl/α,β-unsaturated/α-hetero) is 1. The van der Waals surface area contributed by atoms with Crippen LogP contribution in [0.3, 0.4) is 0 Å². The van der Waals surface area contributed by atoms with Gasteiger partial charge in [-0.05, 0) is 37.3 Å². The largest absolute Gasteiger partial charge is 0.484 e. The summed E-state index contributed by atoms with van der Waals surface area (Å²) in [5, 5.41) is 2.77. The van der Waals surface area contributed by atoms with Crippen LogP contribution in [0.15, 0.2) is 46.9 Å². The SMILES string of the molecule is CC(=O)c1cccc(OCC(=O)Nc2ccc3oc(C(C)C)nc3c2)c1. The summed E-state index contributed by atoms with van der Waals surface area (Å²) in [5.41, 5.74) is 2.54. The van der Waals surface area contributed by atoms with E-state index in [1.54, 1.807) is 42.5 Å². The summed E-state index contributed by atoms with van der Waals surface area (Å²) < 4.78 is 11.1. The van der Waals surface area contributed by atoms with Crippen LogP contribution in [0.2, 0.25) is 0 Å². The van der Waals surface area contributed by atoms with Crippen LogP contribution in [-0.4, -0.2) is 23.3 Å². The lowest BCUT2D eigenvalue weighted by Gasteiger charge is -2.08. The van der Waals surface area contributed by atoms with Crippen LogP contribution in [-0.2, 0) is 4.79 Å². The van der Waals surface area contributed by atoms with Gasteiger partial charge in [0.25, 0.3) is 5.91 Å². The minimum absolute atomic E-state index is 0.0541. The predicted octanol–water partition coefficient (Wildman–Crippen LogP) is 4.17. The Hall–Kier alpha value is -3.15. The Morgan fingerprint density at radius 3 is 2.73 bits per heavy atom. The number of nitrogens with one attached hydrogen (secondary N) is 1. The maximum Gasteiger partial charge on any atom is 0.262 e. The molecular weight excluding hydrogens is 332 g/mol. The van der Waals surface area contributed by atoms with E-state index < -0.39 is 0 Å². The summed E-state index contributed by atoms with van der Waals surface area (Å²) in [5.74, 6) is 0.977. The van der Waals surface area contributed by atoms with Gasteiger partial charge in [0.2, 0.25) is 0 Å². The molecule has 6 nitrogen and oxygen atoms in total. The molecule has 0 bridgehead atoms. The second kappa shape index (κ2) is 7.39. The number of ketones is 1. The summed E-state index contributed by atoms with van der Waals surface area (Å²) in [6.45, 7) is 5.34. The van der Waals surface area contributed by atoms with E-state index in [0.717, 1.165) is 0 Å². The molecule has 0 fully saturated rings. The molecule has 1 heterocycles. The third-order valence-corrected chi connectivity index (χ3v) is 3.79. The van der Waals surface area contributed by atoms with Gasteiger partial charge in [-0.3, -0.25) is 9.59 Å². The average Bonchev–Trinajstić information content (AvgIpc) is 3.04. The molecule has 1 amide bonds. The van der Waals surface area contributed by atoms with Crippen molar-refractivity contribution >= 4 is 28.5 Å². The van der Waals surface area contributed by atoms with E-state index >= 15 is 0 Å². The quantitative estimate of drug-likeness (QED) is 0.673. The Labute approximate surface area is 151 Å². The van der Waals surface area contributed by atoms with E-state index in [2.05, 4.69) is 10.3 Å². The van der Waals surface area contributed by atoms with Gasteiger partial charge in [-0.2, -0.15) is 0 Å². The molecule has 0 aliphatic heterocycles. The molecule has 134 valence electrons. The lowest BCUT2D eigenvalue weighted by Crippen LogP contribution is -2.20. The van der Waals surface area contributed by atoms with Crippen LogP contribution in [0.4, 0.5) is 5.69 Å². The van der Waals surface area contributed by atoms with Crippen molar-refractivity contribution in [1.29, 1.82) is 0 Å². The summed E-state index contributed by atoms with van der Waals surface area (Å²) in [6, 6.07) is 12.0. The molecular formula is C20H20N2O4. The van der Waals surface area contributed by atoms with E-state index in [0.29, 0.717) is 34.0 Å². The highest BCUT2D eigenvalue weighted by Gasteiger charge is 2.11.